The third-order valence-electron chi connectivity index (χ3n) is 2.11. The highest BCUT2D eigenvalue weighted by atomic mass is 16.6. The number of carbonyl (C=O) groups excluding carboxylic acids is 1. The van der Waals surface area contributed by atoms with Crippen LogP contribution in [0.15, 0.2) is 4.99 Å². The molecule has 0 saturated heterocycles. The zero-order valence-corrected chi connectivity index (χ0v) is 14.6. The van der Waals surface area contributed by atoms with Crippen LogP contribution in [0.2, 0.25) is 0 Å². The van der Waals surface area contributed by atoms with Gasteiger partial charge in [-0.1, -0.05) is 0 Å². The third kappa shape index (κ3) is 13.3. The van der Waals surface area contributed by atoms with Gasteiger partial charge in [-0.15, -0.1) is 0 Å². The van der Waals surface area contributed by atoms with Gasteiger partial charge in [-0.3, -0.25) is 4.99 Å². The maximum atomic E-state index is 11.5. The molecule has 0 unspecified atom stereocenters. The molecule has 0 saturated carbocycles. The number of carbonyl (C=O) groups is 1. The first kappa shape index (κ1) is 19.5. The van der Waals surface area contributed by atoms with Gasteiger partial charge >= 0.3 is 6.09 Å². The van der Waals surface area contributed by atoms with Crippen molar-refractivity contribution in [3.8, 4) is 0 Å². The summed E-state index contributed by atoms with van der Waals surface area (Å²) in [4.78, 5) is 15.9. The average molecular weight is 300 g/mol. The molecule has 0 aliphatic rings. The molecule has 0 bridgehead atoms. The number of aliphatic imine (C=N–C) groups is 1. The smallest absolute Gasteiger partial charge is 0.407 e. The molecule has 0 spiro atoms. The van der Waals surface area contributed by atoms with Crippen LogP contribution in [-0.2, 0) is 4.74 Å². The number of nitrogens with zero attached hydrogens (tertiary/aromatic N) is 1. The number of amides is 1. The summed E-state index contributed by atoms with van der Waals surface area (Å²) in [5.74, 6) is 0.794. The highest BCUT2D eigenvalue weighted by Crippen LogP contribution is 2.06. The molecule has 0 aromatic carbocycles. The molecule has 6 heteroatoms. The van der Waals surface area contributed by atoms with Crippen molar-refractivity contribution < 1.29 is 9.53 Å². The Morgan fingerprint density at radius 2 is 1.71 bits per heavy atom. The maximum Gasteiger partial charge on any atom is 0.407 e. The van der Waals surface area contributed by atoms with Crippen LogP contribution in [0.5, 0.6) is 0 Å². The summed E-state index contributed by atoms with van der Waals surface area (Å²) < 4.78 is 5.16. The number of hydrogen-bond donors (Lipinski definition) is 3. The summed E-state index contributed by atoms with van der Waals surface area (Å²) in [6.45, 7) is 15.8. The molecule has 0 heterocycles. The maximum absolute atomic E-state index is 11.5. The molecule has 0 aromatic rings. The Morgan fingerprint density at radius 1 is 1.10 bits per heavy atom. The van der Waals surface area contributed by atoms with E-state index >= 15 is 0 Å². The highest BCUT2D eigenvalue weighted by Gasteiger charge is 2.15. The summed E-state index contributed by atoms with van der Waals surface area (Å²) in [5.41, 5.74) is -0.493. The predicted molar refractivity (Wildman–Crippen MR) is 87.7 cm³/mol. The van der Waals surface area contributed by atoms with Gasteiger partial charge in [0.15, 0.2) is 5.96 Å². The lowest BCUT2D eigenvalue weighted by Gasteiger charge is -2.23. The van der Waals surface area contributed by atoms with Crippen LogP contribution in [-0.4, -0.2) is 42.8 Å². The first-order chi connectivity index (χ1) is 9.53. The van der Waals surface area contributed by atoms with Crippen molar-refractivity contribution in [2.24, 2.45) is 4.99 Å². The summed E-state index contributed by atoms with van der Waals surface area (Å²) in [6.07, 6.45) is 0.381. The van der Waals surface area contributed by atoms with E-state index in [0.29, 0.717) is 13.1 Å². The molecule has 6 nitrogen and oxygen atoms in total. The first-order valence-corrected chi connectivity index (χ1v) is 7.57. The zero-order valence-electron chi connectivity index (χ0n) is 14.6. The molecule has 0 radical (unpaired) electrons. The third-order valence-corrected chi connectivity index (χ3v) is 2.11. The fourth-order valence-electron chi connectivity index (χ4n) is 1.44. The van der Waals surface area contributed by atoms with Gasteiger partial charge in [0.2, 0.25) is 0 Å². The van der Waals surface area contributed by atoms with Crippen LogP contribution >= 0.6 is 0 Å². The van der Waals surface area contributed by atoms with Crippen LogP contribution in [0.1, 0.15) is 54.9 Å². The number of rotatable bonds is 5. The van der Waals surface area contributed by atoms with E-state index < -0.39 is 5.60 Å². The van der Waals surface area contributed by atoms with E-state index in [4.69, 9.17) is 4.74 Å². The van der Waals surface area contributed by atoms with Gasteiger partial charge in [0.1, 0.15) is 5.60 Å². The van der Waals surface area contributed by atoms with Gasteiger partial charge in [0.25, 0.3) is 0 Å². The van der Waals surface area contributed by atoms with Crippen molar-refractivity contribution in [1.82, 2.24) is 16.0 Å². The Bertz CT molecular complexity index is 341. The van der Waals surface area contributed by atoms with E-state index in [1.807, 2.05) is 27.7 Å². The van der Waals surface area contributed by atoms with Gasteiger partial charge < -0.3 is 20.7 Å². The van der Waals surface area contributed by atoms with Gasteiger partial charge in [0, 0.05) is 25.2 Å². The number of alkyl carbamates (subject to hydrolysis) is 1. The Kier molecular flexibility index (Phi) is 8.14. The lowest BCUT2D eigenvalue weighted by atomic mass is 10.1. The molecule has 1 amide bonds. The minimum Gasteiger partial charge on any atom is -0.444 e. The van der Waals surface area contributed by atoms with Crippen LogP contribution in [0.3, 0.4) is 0 Å². The van der Waals surface area contributed by atoms with E-state index in [2.05, 4.69) is 41.7 Å². The molecular weight excluding hydrogens is 268 g/mol. The second-order valence-electron chi connectivity index (χ2n) is 6.92. The van der Waals surface area contributed by atoms with Crippen molar-refractivity contribution >= 4 is 12.1 Å². The number of hydrogen-bond acceptors (Lipinski definition) is 3. The van der Waals surface area contributed by atoms with Gasteiger partial charge in [-0.25, -0.2) is 4.79 Å². The molecule has 124 valence electrons. The van der Waals surface area contributed by atoms with E-state index in [9.17, 15) is 4.79 Å². The molecule has 0 fully saturated rings. The van der Waals surface area contributed by atoms with E-state index in [-0.39, 0.29) is 11.6 Å². The van der Waals surface area contributed by atoms with Crippen LogP contribution in [0, 0.1) is 0 Å². The van der Waals surface area contributed by atoms with Crippen molar-refractivity contribution in [2.75, 3.05) is 19.6 Å². The lowest BCUT2D eigenvalue weighted by Crippen LogP contribution is -2.47. The second kappa shape index (κ2) is 8.74. The monoisotopic (exact) mass is 300 g/mol. The molecule has 3 N–H and O–H groups in total. The summed E-state index contributed by atoms with van der Waals surface area (Å²) >= 11 is 0. The molecular formula is C15H32N4O2. The fourth-order valence-corrected chi connectivity index (χ4v) is 1.44. The molecule has 21 heavy (non-hydrogen) atoms. The molecule has 0 aliphatic heterocycles. The minimum absolute atomic E-state index is 0.0320. The Morgan fingerprint density at radius 3 is 2.19 bits per heavy atom. The Balaban J connectivity index is 4.03. The first-order valence-electron chi connectivity index (χ1n) is 7.57. The predicted octanol–water partition coefficient (Wildman–Crippen LogP) is 2.25. The number of ether oxygens (including phenoxy) is 1. The SMILES string of the molecule is CCNC(=NCCCNC(=O)OC(C)(C)C)NC(C)(C)C. The normalized spacial score (nSPS) is 12.8. The largest absolute Gasteiger partial charge is 0.444 e. The highest BCUT2D eigenvalue weighted by molar-refractivity contribution is 5.80. The standard InChI is InChI=1S/C15H32N4O2/c1-8-16-12(19-14(2,3)4)17-10-9-11-18-13(20)21-15(5,6)7/h8-11H2,1-7H3,(H,18,20)(H2,16,17,19). The lowest BCUT2D eigenvalue weighted by molar-refractivity contribution is 0.0527. The van der Waals surface area contributed by atoms with Gasteiger partial charge in [0.05, 0.1) is 0 Å². The van der Waals surface area contributed by atoms with Crippen LogP contribution in [0.4, 0.5) is 4.79 Å². The topological polar surface area (TPSA) is 74.8 Å². The minimum atomic E-state index is -0.461. The second-order valence-corrected chi connectivity index (χ2v) is 6.92. The molecule has 0 aliphatic carbocycles. The summed E-state index contributed by atoms with van der Waals surface area (Å²) in [6, 6.07) is 0. The summed E-state index contributed by atoms with van der Waals surface area (Å²) in [7, 11) is 0. The van der Waals surface area contributed by atoms with Gasteiger partial charge in [-0.2, -0.15) is 0 Å². The van der Waals surface area contributed by atoms with E-state index in [1.165, 1.54) is 0 Å². The number of guanidine groups is 1. The van der Waals surface area contributed by atoms with Crippen molar-refractivity contribution in [2.45, 2.75) is 66.0 Å². The number of nitrogens with one attached hydrogen (secondary N) is 3. The van der Waals surface area contributed by atoms with Crippen molar-refractivity contribution in [3.05, 3.63) is 0 Å². The Labute approximate surface area is 129 Å². The van der Waals surface area contributed by atoms with E-state index in [1.54, 1.807) is 0 Å². The average Bonchev–Trinajstić information content (AvgIpc) is 2.24. The Hall–Kier alpha value is -1.46. The fraction of sp³-hybridized carbons (Fsp3) is 0.867. The van der Waals surface area contributed by atoms with Crippen molar-refractivity contribution in [1.29, 1.82) is 0 Å². The van der Waals surface area contributed by atoms with Crippen LogP contribution < -0.4 is 16.0 Å². The van der Waals surface area contributed by atoms with Crippen LogP contribution in [0.25, 0.3) is 0 Å². The molecule has 0 atom stereocenters. The molecule has 0 aromatic heterocycles. The van der Waals surface area contributed by atoms with Gasteiger partial charge in [-0.05, 0) is 54.9 Å². The van der Waals surface area contributed by atoms with Crippen molar-refractivity contribution in [3.63, 3.8) is 0 Å². The molecule has 0 rings (SSSR count). The zero-order chi connectivity index (χ0) is 16.5. The van der Waals surface area contributed by atoms with E-state index in [0.717, 1.165) is 18.9 Å². The summed E-state index contributed by atoms with van der Waals surface area (Å²) in [5, 5.41) is 9.23. The quantitative estimate of drug-likeness (QED) is 0.413.